The molecule has 20 heavy (non-hydrogen) atoms. The maximum absolute atomic E-state index is 5.82. The molecule has 1 aromatic heterocycles. The first-order valence-corrected chi connectivity index (χ1v) is 8.22. The van der Waals surface area contributed by atoms with Crippen molar-refractivity contribution < 1.29 is 0 Å². The van der Waals surface area contributed by atoms with E-state index in [-0.39, 0.29) is 6.04 Å². The van der Waals surface area contributed by atoms with Crippen molar-refractivity contribution in [2.75, 3.05) is 0 Å². The number of fused-ring (bicyclic) bond motifs is 1. The molecule has 0 radical (unpaired) electrons. The minimum atomic E-state index is 0.206. The first kappa shape index (κ1) is 13.6. The summed E-state index contributed by atoms with van der Waals surface area (Å²) >= 11 is 3.46. The average molecular weight is 300 g/mol. The first-order valence-electron chi connectivity index (χ1n) is 6.58. The van der Waals surface area contributed by atoms with E-state index >= 15 is 0 Å². The second-order valence-corrected chi connectivity index (χ2v) is 7.23. The number of nitrogens with zero attached hydrogens (tertiary/aromatic N) is 1. The van der Waals surface area contributed by atoms with Crippen molar-refractivity contribution in [3.8, 4) is 0 Å². The Kier molecular flexibility index (Phi) is 4.05. The highest BCUT2D eigenvalue weighted by molar-refractivity contribution is 8.01. The van der Waals surface area contributed by atoms with E-state index in [0.29, 0.717) is 0 Å². The maximum atomic E-state index is 5.82. The highest BCUT2D eigenvalue weighted by atomic mass is 32.2. The second-order valence-electron chi connectivity index (χ2n) is 4.87. The number of aromatic nitrogens is 1. The molecule has 3 rings (SSSR count). The summed E-state index contributed by atoms with van der Waals surface area (Å²) in [6.45, 7) is 2.03. The lowest BCUT2D eigenvalue weighted by Crippen LogP contribution is -2.17. The molecule has 2 N–H and O–H groups in total. The predicted octanol–water partition coefficient (Wildman–Crippen LogP) is 4.34. The van der Waals surface area contributed by atoms with Crippen LogP contribution in [0.15, 0.2) is 57.8 Å². The van der Waals surface area contributed by atoms with Gasteiger partial charge in [0, 0.05) is 10.9 Å². The first-order chi connectivity index (χ1) is 9.70. The van der Waals surface area contributed by atoms with Gasteiger partial charge in [0.1, 0.15) is 0 Å². The fourth-order valence-corrected chi connectivity index (χ4v) is 4.10. The van der Waals surface area contributed by atoms with Gasteiger partial charge in [0.15, 0.2) is 4.34 Å². The Morgan fingerprint density at radius 2 is 1.90 bits per heavy atom. The van der Waals surface area contributed by atoms with Crippen molar-refractivity contribution in [2.45, 2.75) is 28.6 Å². The number of rotatable bonds is 4. The van der Waals surface area contributed by atoms with Gasteiger partial charge >= 0.3 is 0 Å². The molecular formula is C16H16N2S2. The van der Waals surface area contributed by atoms with Crippen molar-refractivity contribution >= 4 is 33.3 Å². The van der Waals surface area contributed by atoms with E-state index in [4.69, 9.17) is 5.73 Å². The van der Waals surface area contributed by atoms with Crippen LogP contribution >= 0.6 is 23.1 Å². The summed E-state index contributed by atoms with van der Waals surface area (Å²) in [5.74, 6) is 0. The molecule has 0 aliphatic rings. The van der Waals surface area contributed by atoms with Crippen molar-refractivity contribution in [1.29, 1.82) is 0 Å². The van der Waals surface area contributed by atoms with E-state index < -0.39 is 0 Å². The van der Waals surface area contributed by atoms with Crippen molar-refractivity contribution in [2.24, 2.45) is 5.73 Å². The van der Waals surface area contributed by atoms with E-state index in [0.717, 1.165) is 16.3 Å². The number of thiazole rings is 1. The van der Waals surface area contributed by atoms with Crippen molar-refractivity contribution in [3.05, 3.63) is 54.1 Å². The van der Waals surface area contributed by atoms with Crippen LogP contribution in [0.4, 0.5) is 0 Å². The molecule has 0 bridgehead atoms. The van der Waals surface area contributed by atoms with Gasteiger partial charge in [-0.05, 0) is 43.2 Å². The minimum Gasteiger partial charge on any atom is -0.328 e. The monoisotopic (exact) mass is 300 g/mol. The third-order valence-corrected chi connectivity index (χ3v) is 5.07. The SMILES string of the molecule is CC(N)Cc1ccc(Sc2nc3ccccc3s2)cc1. The molecule has 1 unspecified atom stereocenters. The molecule has 0 amide bonds. The molecule has 1 heterocycles. The summed E-state index contributed by atoms with van der Waals surface area (Å²) in [5, 5.41) is 0. The lowest BCUT2D eigenvalue weighted by molar-refractivity contribution is 0.737. The van der Waals surface area contributed by atoms with Crippen LogP contribution < -0.4 is 5.73 Å². The minimum absolute atomic E-state index is 0.206. The molecule has 102 valence electrons. The normalized spacial score (nSPS) is 12.7. The van der Waals surface area contributed by atoms with Gasteiger partial charge in [-0.2, -0.15) is 0 Å². The number of nitrogens with two attached hydrogens (primary N) is 1. The highest BCUT2D eigenvalue weighted by Gasteiger charge is 2.05. The summed E-state index contributed by atoms with van der Waals surface area (Å²) < 4.78 is 2.33. The molecule has 3 aromatic rings. The van der Waals surface area contributed by atoms with E-state index in [1.54, 1.807) is 23.1 Å². The lowest BCUT2D eigenvalue weighted by Gasteiger charge is -2.05. The molecule has 2 aromatic carbocycles. The van der Waals surface area contributed by atoms with Gasteiger partial charge in [-0.25, -0.2) is 4.98 Å². The van der Waals surface area contributed by atoms with Crippen LogP contribution in [0.1, 0.15) is 12.5 Å². The van der Waals surface area contributed by atoms with Gasteiger partial charge in [-0.3, -0.25) is 0 Å². The van der Waals surface area contributed by atoms with Crippen LogP contribution in [0.25, 0.3) is 10.2 Å². The average Bonchev–Trinajstić information content (AvgIpc) is 2.82. The third-order valence-electron chi connectivity index (χ3n) is 2.96. The fraction of sp³-hybridized carbons (Fsp3) is 0.188. The molecule has 0 aliphatic heterocycles. The van der Waals surface area contributed by atoms with Crippen LogP contribution in [0.3, 0.4) is 0 Å². The number of para-hydroxylation sites is 1. The van der Waals surface area contributed by atoms with E-state index in [1.165, 1.54) is 15.2 Å². The van der Waals surface area contributed by atoms with Gasteiger partial charge in [0.25, 0.3) is 0 Å². The third kappa shape index (κ3) is 3.20. The topological polar surface area (TPSA) is 38.9 Å². The summed E-state index contributed by atoms with van der Waals surface area (Å²) in [6.07, 6.45) is 0.923. The molecule has 2 nitrogen and oxygen atoms in total. The molecule has 0 spiro atoms. The zero-order valence-corrected chi connectivity index (χ0v) is 12.9. The molecule has 1 atom stereocenters. The Balaban J connectivity index is 1.76. The molecular weight excluding hydrogens is 284 g/mol. The number of benzene rings is 2. The van der Waals surface area contributed by atoms with Crippen LogP contribution in [-0.4, -0.2) is 11.0 Å². The summed E-state index contributed by atoms with van der Waals surface area (Å²) in [5.41, 5.74) is 8.18. The van der Waals surface area contributed by atoms with E-state index in [2.05, 4.69) is 47.4 Å². The number of hydrogen-bond donors (Lipinski definition) is 1. The molecule has 0 aliphatic carbocycles. The summed E-state index contributed by atoms with van der Waals surface area (Å²) in [4.78, 5) is 5.86. The fourth-order valence-electron chi connectivity index (χ4n) is 2.06. The quantitative estimate of drug-likeness (QED) is 0.779. The number of hydrogen-bond acceptors (Lipinski definition) is 4. The molecule has 4 heteroatoms. The van der Waals surface area contributed by atoms with Crippen LogP contribution in [0, 0.1) is 0 Å². The van der Waals surface area contributed by atoms with Gasteiger partial charge < -0.3 is 5.73 Å². The van der Waals surface area contributed by atoms with Gasteiger partial charge in [0.2, 0.25) is 0 Å². The largest absolute Gasteiger partial charge is 0.328 e. The lowest BCUT2D eigenvalue weighted by atomic mass is 10.1. The Labute approximate surface area is 127 Å². The molecule has 0 saturated heterocycles. The smallest absolute Gasteiger partial charge is 0.155 e. The van der Waals surface area contributed by atoms with E-state index in [1.807, 2.05) is 13.0 Å². The Hall–Kier alpha value is -1.36. The van der Waals surface area contributed by atoms with Crippen LogP contribution in [-0.2, 0) is 6.42 Å². The Morgan fingerprint density at radius 3 is 2.60 bits per heavy atom. The predicted molar refractivity (Wildman–Crippen MR) is 87.5 cm³/mol. The Bertz CT molecular complexity index is 669. The van der Waals surface area contributed by atoms with Crippen molar-refractivity contribution in [3.63, 3.8) is 0 Å². The van der Waals surface area contributed by atoms with Gasteiger partial charge in [0.05, 0.1) is 10.2 Å². The highest BCUT2D eigenvalue weighted by Crippen LogP contribution is 2.34. The molecule has 0 fully saturated rings. The van der Waals surface area contributed by atoms with Gasteiger partial charge in [-0.1, -0.05) is 36.0 Å². The van der Waals surface area contributed by atoms with Crippen molar-refractivity contribution in [1.82, 2.24) is 4.98 Å². The van der Waals surface area contributed by atoms with E-state index in [9.17, 15) is 0 Å². The van der Waals surface area contributed by atoms with Gasteiger partial charge in [-0.15, -0.1) is 11.3 Å². The standard InChI is InChI=1S/C16H16N2S2/c1-11(17)10-12-6-8-13(9-7-12)19-16-18-14-4-2-3-5-15(14)20-16/h2-9,11H,10,17H2,1H3. The second kappa shape index (κ2) is 5.95. The van der Waals surface area contributed by atoms with Crippen LogP contribution in [0.2, 0.25) is 0 Å². The zero-order valence-electron chi connectivity index (χ0n) is 11.2. The summed E-state index contributed by atoms with van der Waals surface area (Å²) in [6, 6.07) is 17.1. The Morgan fingerprint density at radius 1 is 1.15 bits per heavy atom. The molecule has 0 saturated carbocycles. The summed E-state index contributed by atoms with van der Waals surface area (Å²) in [7, 11) is 0. The maximum Gasteiger partial charge on any atom is 0.155 e. The van der Waals surface area contributed by atoms with Crippen LogP contribution in [0.5, 0.6) is 0 Å². The zero-order chi connectivity index (χ0) is 13.9.